The molecule has 1 N–H and O–H groups in total. The first-order valence-electron chi connectivity index (χ1n) is 5.17. The SMILES string of the molecule is CCOC(C(=O)O)c1ccc(OC(C)=O)cc1. The third-order valence-corrected chi connectivity index (χ3v) is 2.00. The number of hydrogen-bond donors (Lipinski definition) is 1. The molecular formula is C12H14O5. The molecule has 1 atom stereocenters. The molecule has 1 rings (SSSR count). The number of carbonyl (C=O) groups is 2. The monoisotopic (exact) mass is 238 g/mol. The number of carboxylic acid groups (broad SMARTS) is 1. The second kappa shape index (κ2) is 6.00. The second-order valence-corrected chi connectivity index (χ2v) is 3.34. The molecule has 0 saturated heterocycles. The molecule has 0 aliphatic carbocycles. The second-order valence-electron chi connectivity index (χ2n) is 3.34. The van der Waals surface area contributed by atoms with Gasteiger partial charge in [0.05, 0.1) is 0 Å². The Morgan fingerprint density at radius 2 is 1.88 bits per heavy atom. The van der Waals surface area contributed by atoms with Crippen LogP contribution < -0.4 is 4.74 Å². The molecule has 0 fully saturated rings. The minimum absolute atomic E-state index is 0.308. The average molecular weight is 238 g/mol. The van der Waals surface area contributed by atoms with Crippen LogP contribution in [0.1, 0.15) is 25.5 Å². The van der Waals surface area contributed by atoms with E-state index in [2.05, 4.69) is 0 Å². The summed E-state index contributed by atoms with van der Waals surface area (Å²) in [4.78, 5) is 21.6. The fraction of sp³-hybridized carbons (Fsp3) is 0.333. The maximum Gasteiger partial charge on any atom is 0.337 e. The molecule has 1 aromatic rings. The molecule has 0 spiro atoms. The number of ether oxygens (including phenoxy) is 2. The summed E-state index contributed by atoms with van der Waals surface area (Å²) in [6, 6.07) is 6.19. The highest BCUT2D eigenvalue weighted by atomic mass is 16.5. The molecule has 92 valence electrons. The molecule has 0 aliphatic heterocycles. The summed E-state index contributed by atoms with van der Waals surface area (Å²) in [5.41, 5.74) is 0.509. The molecule has 0 radical (unpaired) electrons. The van der Waals surface area contributed by atoms with Gasteiger partial charge in [0.25, 0.3) is 0 Å². The van der Waals surface area contributed by atoms with E-state index in [-0.39, 0.29) is 0 Å². The fourth-order valence-corrected chi connectivity index (χ4v) is 1.35. The number of rotatable bonds is 5. The van der Waals surface area contributed by atoms with E-state index in [1.807, 2.05) is 0 Å². The van der Waals surface area contributed by atoms with E-state index in [4.69, 9.17) is 14.6 Å². The van der Waals surface area contributed by atoms with E-state index in [9.17, 15) is 9.59 Å². The van der Waals surface area contributed by atoms with Gasteiger partial charge in [-0.25, -0.2) is 4.79 Å². The molecule has 5 heteroatoms. The molecule has 0 bridgehead atoms. The van der Waals surface area contributed by atoms with Crippen LogP contribution in [0.15, 0.2) is 24.3 Å². The molecule has 0 aromatic heterocycles. The number of esters is 1. The van der Waals surface area contributed by atoms with Gasteiger partial charge in [0.2, 0.25) is 0 Å². The lowest BCUT2D eigenvalue weighted by Gasteiger charge is -2.12. The quantitative estimate of drug-likeness (QED) is 0.625. The van der Waals surface area contributed by atoms with Crippen LogP contribution in [0.3, 0.4) is 0 Å². The number of carboxylic acids is 1. The summed E-state index contributed by atoms with van der Waals surface area (Å²) in [5, 5.41) is 8.96. The van der Waals surface area contributed by atoms with E-state index >= 15 is 0 Å². The van der Waals surface area contributed by atoms with Crippen molar-refractivity contribution in [3.63, 3.8) is 0 Å². The van der Waals surface area contributed by atoms with E-state index in [0.717, 1.165) is 0 Å². The van der Waals surface area contributed by atoms with Crippen molar-refractivity contribution in [3.8, 4) is 5.75 Å². The first-order valence-corrected chi connectivity index (χ1v) is 5.17. The van der Waals surface area contributed by atoms with Crippen LogP contribution in [0.5, 0.6) is 5.75 Å². The molecule has 17 heavy (non-hydrogen) atoms. The lowest BCUT2D eigenvalue weighted by Crippen LogP contribution is -2.15. The van der Waals surface area contributed by atoms with Crippen molar-refractivity contribution >= 4 is 11.9 Å². The first kappa shape index (κ1) is 13.2. The van der Waals surface area contributed by atoms with Crippen LogP contribution in [-0.2, 0) is 14.3 Å². The third-order valence-electron chi connectivity index (χ3n) is 2.00. The summed E-state index contributed by atoms with van der Waals surface area (Å²) in [6.45, 7) is 3.33. The van der Waals surface area contributed by atoms with E-state index in [1.54, 1.807) is 19.1 Å². The van der Waals surface area contributed by atoms with Crippen molar-refractivity contribution in [3.05, 3.63) is 29.8 Å². The zero-order valence-corrected chi connectivity index (χ0v) is 9.67. The van der Waals surface area contributed by atoms with Crippen molar-refractivity contribution in [2.45, 2.75) is 20.0 Å². The molecule has 0 amide bonds. The van der Waals surface area contributed by atoms with Crippen LogP contribution >= 0.6 is 0 Å². The van der Waals surface area contributed by atoms with Gasteiger partial charge in [-0.3, -0.25) is 4.79 Å². The molecule has 1 unspecified atom stereocenters. The maximum atomic E-state index is 10.9. The third kappa shape index (κ3) is 3.88. The predicted molar refractivity (Wildman–Crippen MR) is 59.8 cm³/mol. The largest absolute Gasteiger partial charge is 0.479 e. The van der Waals surface area contributed by atoms with Gasteiger partial charge in [0.15, 0.2) is 6.10 Å². The molecule has 0 saturated carbocycles. The number of benzene rings is 1. The standard InChI is InChI=1S/C12H14O5/c1-3-16-11(12(14)15)9-4-6-10(7-5-9)17-8(2)13/h4-7,11H,3H2,1-2H3,(H,14,15). The maximum absolute atomic E-state index is 10.9. The van der Waals surface area contributed by atoms with Crippen LogP contribution in [0.25, 0.3) is 0 Å². The van der Waals surface area contributed by atoms with Crippen LogP contribution in [0, 0.1) is 0 Å². The van der Waals surface area contributed by atoms with Gasteiger partial charge >= 0.3 is 11.9 Å². The Morgan fingerprint density at radius 3 is 2.29 bits per heavy atom. The topological polar surface area (TPSA) is 72.8 Å². The van der Waals surface area contributed by atoms with E-state index < -0.39 is 18.0 Å². The molecule has 0 heterocycles. The zero-order chi connectivity index (χ0) is 12.8. The fourth-order valence-electron chi connectivity index (χ4n) is 1.35. The first-order chi connectivity index (χ1) is 8.04. The highest BCUT2D eigenvalue weighted by Crippen LogP contribution is 2.21. The van der Waals surface area contributed by atoms with E-state index in [0.29, 0.717) is 17.9 Å². The smallest absolute Gasteiger partial charge is 0.337 e. The normalized spacial score (nSPS) is 11.9. The Kier molecular flexibility index (Phi) is 4.66. The molecule has 1 aromatic carbocycles. The van der Waals surface area contributed by atoms with Crippen molar-refractivity contribution in [2.24, 2.45) is 0 Å². The van der Waals surface area contributed by atoms with Gasteiger partial charge in [-0.2, -0.15) is 0 Å². The highest BCUT2D eigenvalue weighted by molar-refractivity contribution is 5.74. The van der Waals surface area contributed by atoms with Crippen LogP contribution in [0.2, 0.25) is 0 Å². The van der Waals surface area contributed by atoms with Crippen molar-refractivity contribution < 1.29 is 24.2 Å². The summed E-state index contributed by atoms with van der Waals surface area (Å²) in [6.07, 6.45) is -0.994. The lowest BCUT2D eigenvalue weighted by atomic mass is 10.1. The van der Waals surface area contributed by atoms with Crippen LogP contribution in [-0.4, -0.2) is 23.7 Å². The highest BCUT2D eigenvalue weighted by Gasteiger charge is 2.19. The van der Waals surface area contributed by atoms with Crippen molar-refractivity contribution in [1.29, 1.82) is 0 Å². The summed E-state index contributed by atoms with van der Waals surface area (Å²) >= 11 is 0. The predicted octanol–water partition coefficient (Wildman–Crippen LogP) is 1.77. The average Bonchev–Trinajstić information content (AvgIpc) is 2.26. The molecule has 0 aliphatic rings. The summed E-state index contributed by atoms with van der Waals surface area (Å²) in [5.74, 6) is -1.09. The van der Waals surface area contributed by atoms with Crippen molar-refractivity contribution in [1.82, 2.24) is 0 Å². The number of hydrogen-bond acceptors (Lipinski definition) is 4. The van der Waals surface area contributed by atoms with Gasteiger partial charge in [-0.05, 0) is 24.6 Å². The number of carbonyl (C=O) groups excluding carboxylic acids is 1. The summed E-state index contributed by atoms with van der Waals surface area (Å²) < 4.78 is 9.95. The lowest BCUT2D eigenvalue weighted by molar-refractivity contribution is -0.150. The Balaban J connectivity index is 2.84. The number of aliphatic carboxylic acids is 1. The van der Waals surface area contributed by atoms with Crippen molar-refractivity contribution in [2.75, 3.05) is 6.61 Å². The summed E-state index contributed by atoms with van der Waals surface area (Å²) in [7, 11) is 0. The Bertz CT molecular complexity index is 396. The van der Waals surface area contributed by atoms with Gasteiger partial charge in [-0.15, -0.1) is 0 Å². The molecular weight excluding hydrogens is 224 g/mol. The Morgan fingerprint density at radius 1 is 1.29 bits per heavy atom. The van der Waals surface area contributed by atoms with Gasteiger partial charge in [0.1, 0.15) is 5.75 Å². The minimum atomic E-state index is -1.05. The van der Waals surface area contributed by atoms with Gasteiger partial charge in [0, 0.05) is 13.5 Å². The van der Waals surface area contributed by atoms with Gasteiger partial charge in [-0.1, -0.05) is 12.1 Å². The van der Waals surface area contributed by atoms with Crippen LogP contribution in [0.4, 0.5) is 0 Å². The Hall–Kier alpha value is -1.88. The molecule has 5 nitrogen and oxygen atoms in total. The van der Waals surface area contributed by atoms with E-state index in [1.165, 1.54) is 19.1 Å². The minimum Gasteiger partial charge on any atom is -0.479 e. The Labute approximate surface area is 99.0 Å². The zero-order valence-electron chi connectivity index (χ0n) is 9.67. The van der Waals surface area contributed by atoms with Gasteiger partial charge < -0.3 is 14.6 Å².